The summed E-state index contributed by atoms with van der Waals surface area (Å²) in [6.45, 7) is 2.60. The van der Waals surface area contributed by atoms with Gasteiger partial charge in [-0.25, -0.2) is 4.98 Å². The lowest BCUT2D eigenvalue weighted by molar-refractivity contribution is 0.339. The summed E-state index contributed by atoms with van der Waals surface area (Å²) in [5.41, 5.74) is 8.67. The molecule has 92 valence electrons. The summed E-state index contributed by atoms with van der Waals surface area (Å²) in [5, 5.41) is 3.37. The molecule has 0 aliphatic carbocycles. The summed E-state index contributed by atoms with van der Waals surface area (Å²) < 4.78 is 5.62. The predicted molar refractivity (Wildman–Crippen MR) is 71.7 cm³/mol. The minimum Gasteiger partial charge on any atom is -0.491 e. The third-order valence-electron chi connectivity index (χ3n) is 3.17. The fourth-order valence-corrected chi connectivity index (χ4v) is 2.11. The number of fused-ring (bicyclic) bond motifs is 1. The molecule has 0 saturated heterocycles. The molecule has 0 amide bonds. The summed E-state index contributed by atoms with van der Waals surface area (Å²) >= 11 is 0. The first-order valence-corrected chi connectivity index (χ1v) is 5.94. The molecular weight excluding hydrogens is 226 g/mol. The van der Waals surface area contributed by atoms with Gasteiger partial charge in [-0.3, -0.25) is 0 Å². The fourth-order valence-electron chi connectivity index (χ4n) is 2.11. The highest BCUT2D eigenvalue weighted by Crippen LogP contribution is 2.33. The standard InChI is InChI=1S/C14H15N3O/c1-9-6-14(16-7-11(9)15)17-12-8-18-13-5-3-2-4-10(12)13/h2-7,12H,8,15H2,1H3,(H,16,17). The van der Waals surface area contributed by atoms with Crippen molar-refractivity contribution in [2.45, 2.75) is 13.0 Å². The summed E-state index contributed by atoms with van der Waals surface area (Å²) in [4.78, 5) is 4.28. The van der Waals surface area contributed by atoms with Crippen molar-refractivity contribution in [1.82, 2.24) is 4.98 Å². The molecular formula is C14H15N3O. The first-order chi connectivity index (χ1) is 8.74. The van der Waals surface area contributed by atoms with Crippen LogP contribution in [0.5, 0.6) is 5.75 Å². The largest absolute Gasteiger partial charge is 0.491 e. The van der Waals surface area contributed by atoms with Gasteiger partial charge in [-0.2, -0.15) is 0 Å². The Balaban J connectivity index is 1.84. The molecule has 0 spiro atoms. The smallest absolute Gasteiger partial charge is 0.126 e. The van der Waals surface area contributed by atoms with Crippen LogP contribution in [0.3, 0.4) is 0 Å². The van der Waals surface area contributed by atoms with E-state index in [1.54, 1.807) is 6.20 Å². The molecule has 0 fully saturated rings. The highest BCUT2D eigenvalue weighted by atomic mass is 16.5. The van der Waals surface area contributed by atoms with Crippen LogP contribution in [0.25, 0.3) is 0 Å². The summed E-state index contributed by atoms with van der Waals surface area (Å²) in [6.07, 6.45) is 1.68. The molecule has 0 saturated carbocycles. The molecule has 2 aromatic rings. The van der Waals surface area contributed by atoms with Crippen molar-refractivity contribution >= 4 is 11.5 Å². The van der Waals surface area contributed by atoms with Crippen molar-refractivity contribution in [3.8, 4) is 5.75 Å². The van der Waals surface area contributed by atoms with Gasteiger partial charge in [0.15, 0.2) is 0 Å². The van der Waals surface area contributed by atoms with E-state index in [0.717, 1.165) is 17.1 Å². The number of hydrogen-bond acceptors (Lipinski definition) is 4. The van der Waals surface area contributed by atoms with Crippen molar-refractivity contribution in [3.05, 3.63) is 47.7 Å². The van der Waals surface area contributed by atoms with Crippen molar-refractivity contribution in [2.75, 3.05) is 17.7 Å². The molecule has 1 aliphatic heterocycles. The highest BCUT2D eigenvalue weighted by Gasteiger charge is 2.23. The number of rotatable bonds is 2. The molecule has 0 radical (unpaired) electrons. The Labute approximate surface area is 106 Å². The van der Waals surface area contributed by atoms with E-state index in [4.69, 9.17) is 10.5 Å². The van der Waals surface area contributed by atoms with Crippen LogP contribution in [-0.4, -0.2) is 11.6 Å². The zero-order chi connectivity index (χ0) is 12.5. The van der Waals surface area contributed by atoms with Gasteiger partial charge >= 0.3 is 0 Å². The molecule has 0 bridgehead atoms. The molecule has 1 aromatic carbocycles. The minimum atomic E-state index is 0.150. The van der Waals surface area contributed by atoms with E-state index >= 15 is 0 Å². The number of para-hydroxylation sites is 1. The molecule has 3 N–H and O–H groups in total. The molecule has 2 heterocycles. The van der Waals surface area contributed by atoms with Gasteiger partial charge in [-0.1, -0.05) is 18.2 Å². The first kappa shape index (κ1) is 10.9. The number of hydrogen-bond donors (Lipinski definition) is 2. The molecule has 1 aromatic heterocycles. The summed E-state index contributed by atoms with van der Waals surface area (Å²) in [7, 11) is 0. The van der Waals surface area contributed by atoms with Crippen molar-refractivity contribution < 1.29 is 4.74 Å². The van der Waals surface area contributed by atoms with Crippen molar-refractivity contribution in [3.63, 3.8) is 0 Å². The first-order valence-electron chi connectivity index (χ1n) is 5.94. The van der Waals surface area contributed by atoms with Crippen LogP contribution in [0.1, 0.15) is 17.2 Å². The Morgan fingerprint density at radius 1 is 1.39 bits per heavy atom. The molecule has 4 nitrogen and oxygen atoms in total. The fraction of sp³-hybridized carbons (Fsp3) is 0.214. The van der Waals surface area contributed by atoms with Gasteiger partial charge in [0.1, 0.15) is 18.2 Å². The van der Waals surface area contributed by atoms with Gasteiger partial charge in [0.2, 0.25) is 0 Å². The topological polar surface area (TPSA) is 60.2 Å². The number of nitrogens with two attached hydrogens (primary N) is 1. The average molecular weight is 241 g/mol. The van der Waals surface area contributed by atoms with Gasteiger partial charge in [0.05, 0.1) is 17.9 Å². The lowest BCUT2D eigenvalue weighted by Crippen LogP contribution is -2.13. The molecule has 1 unspecified atom stereocenters. The Morgan fingerprint density at radius 3 is 3.06 bits per heavy atom. The van der Waals surface area contributed by atoms with Crippen LogP contribution in [0.15, 0.2) is 36.5 Å². The van der Waals surface area contributed by atoms with Gasteiger partial charge in [0.25, 0.3) is 0 Å². The zero-order valence-corrected chi connectivity index (χ0v) is 10.2. The van der Waals surface area contributed by atoms with Crippen LogP contribution >= 0.6 is 0 Å². The number of benzene rings is 1. The molecule has 1 atom stereocenters. The SMILES string of the molecule is Cc1cc(NC2COc3ccccc32)ncc1N. The number of pyridine rings is 1. The number of aromatic nitrogens is 1. The van der Waals surface area contributed by atoms with Crippen LogP contribution in [0, 0.1) is 6.92 Å². The Bertz CT molecular complexity index is 583. The van der Waals surface area contributed by atoms with E-state index in [0.29, 0.717) is 12.3 Å². The second-order valence-corrected chi connectivity index (χ2v) is 4.47. The summed E-state index contributed by atoms with van der Waals surface area (Å²) in [6, 6.07) is 10.2. The minimum absolute atomic E-state index is 0.150. The lowest BCUT2D eigenvalue weighted by atomic mass is 10.1. The molecule has 4 heteroatoms. The van der Waals surface area contributed by atoms with Gasteiger partial charge in [-0.15, -0.1) is 0 Å². The second-order valence-electron chi connectivity index (χ2n) is 4.47. The molecule has 3 rings (SSSR count). The van der Waals surface area contributed by atoms with Gasteiger partial charge in [-0.05, 0) is 24.6 Å². The third kappa shape index (κ3) is 1.86. The lowest BCUT2D eigenvalue weighted by Gasteiger charge is -2.13. The predicted octanol–water partition coefficient (Wildman–Crippen LogP) is 2.52. The van der Waals surface area contributed by atoms with Crippen molar-refractivity contribution in [1.29, 1.82) is 0 Å². The maximum absolute atomic E-state index is 5.76. The van der Waals surface area contributed by atoms with E-state index in [1.807, 2.05) is 31.2 Å². The van der Waals surface area contributed by atoms with E-state index in [2.05, 4.69) is 16.4 Å². The maximum atomic E-state index is 5.76. The summed E-state index contributed by atoms with van der Waals surface area (Å²) in [5.74, 6) is 1.77. The second kappa shape index (κ2) is 4.22. The zero-order valence-electron chi connectivity index (χ0n) is 10.2. The van der Waals surface area contributed by atoms with Gasteiger partial charge < -0.3 is 15.8 Å². The number of nitrogens with one attached hydrogen (secondary N) is 1. The normalized spacial score (nSPS) is 17.1. The monoisotopic (exact) mass is 241 g/mol. The molecule has 18 heavy (non-hydrogen) atoms. The van der Waals surface area contributed by atoms with E-state index in [9.17, 15) is 0 Å². The van der Waals surface area contributed by atoms with Crippen LogP contribution in [0.2, 0.25) is 0 Å². The number of ether oxygens (including phenoxy) is 1. The molecule has 1 aliphatic rings. The van der Waals surface area contributed by atoms with E-state index in [-0.39, 0.29) is 6.04 Å². The number of nitrogen functional groups attached to an aromatic ring is 1. The Kier molecular flexibility index (Phi) is 2.55. The van der Waals surface area contributed by atoms with Crippen LogP contribution in [-0.2, 0) is 0 Å². The van der Waals surface area contributed by atoms with E-state index in [1.165, 1.54) is 5.56 Å². The number of aryl methyl sites for hydroxylation is 1. The quantitative estimate of drug-likeness (QED) is 0.848. The van der Waals surface area contributed by atoms with E-state index < -0.39 is 0 Å². The average Bonchev–Trinajstić information content (AvgIpc) is 2.78. The number of nitrogens with zero attached hydrogens (tertiary/aromatic N) is 1. The van der Waals surface area contributed by atoms with Gasteiger partial charge in [0, 0.05) is 5.56 Å². The third-order valence-corrected chi connectivity index (χ3v) is 3.17. The highest BCUT2D eigenvalue weighted by molar-refractivity contribution is 5.53. The number of anilines is 2. The van der Waals surface area contributed by atoms with Crippen molar-refractivity contribution in [2.24, 2.45) is 0 Å². The van der Waals surface area contributed by atoms with Crippen LogP contribution < -0.4 is 15.8 Å². The van der Waals surface area contributed by atoms with Crippen LogP contribution in [0.4, 0.5) is 11.5 Å². The maximum Gasteiger partial charge on any atom is 0.126 e. The Morgan fingerprint density at radius 2 is 2.22 bits per heavy atom. The Hall–Kier alpha value is -2.23.